The highest BCUT2D eigenvalue weighted by atomic mass is 16.6. The van der Waals surface area contributed by atoms with E-state index in [1.54, 1.807) is 11.1 Å². The first-order valence-electron chi connectivity index (χ1n) is 8.23. The molecule has 0 bridgehead atoms. The molecule has 1 atom stereocenters. The summed E-state index contributed by atoms with van der Waals surface area (Å²) in [6.07, 6.45) is 2.29. The second-order valence-electron chi connectivity index (χ2n) is 7.09. The van der Waals surface area contributed by atoms with Crippen LogP contribution in [0.1, 0.15) is 27.2 Å². The van der Waals surface area contributed by atoms with Gasteiger partial charge in [-0.25, -0.2) is 14.8 Å². The fraction of sp³-hybridized carbons (Fsp3) is 0.500. The molecule has 0 unspecified atom stereocenters. The van der Waals surface area contributed by atoms with E-state index in [9.17, 15) is 4.79 Å². The van der Waals surface area contributed by atoms with E-state index in [4.69, 9.17) is 9.47 Å². The highest BCUT2D eigenvalue weighted by Gasteiger charge is 2.30. The minimum atomic E-state index is -0.466. The lowest BCUT2D eigenvalue weighted by Crippen LogP contribution is -2.35. The Balaban J connectivity index is 1.53. The first kappa shape index (κ1) is 16.5. The number of hydrogen-bond acceptors (Lipinski definition) is 5. The van der Waals surface area contributed by atoms with E-state index >= 15 is 0 Å². The monoisotopic (exact) mass is 329 g/mol. The number of benzene rings is 1. The number of rotatable bonds is 3. The third-order valence-corrected chi connectivity index (χ3v) is 3.83. The maximum atomic E-state index is 12.1. The molecule has 24 heavy (non-hydrogen) atoms. The predicted octanol–water partition coefficient (Wildman–Crippen LogP) is 3.27. The Morgan fingerprint density at radius 1 is 1.29 bits per heavy atom. The average Bonchev–Trinajstić information content (AvgIpc) is 3.00. The van der Waals surface area contributed by atoms with E-state index in [2.05, 4.69) is 9.97 Å². The van der Waals surface area contributed by atoms with Crippen LogP contribution in [-0.4, -0.2) is 46.3 Å². The van der Waals surface area contributed by atoms with E-state index in [1.165, 1.54) is 0 Å². The summed E-state index contributed by atoms with van der Waals surface area (Å²) in [6.45, 7) is 7.49. The predicted molar refractivity (Wildman–Crippen MR) is 90.9 cm³/mol. The number of carbonyl (C=O) groups excluding carboxylic acids is 1. The third-order valence-electron chi connectivity index (χ3n) is 3.83. The molecule has 1 aliphatic rings. The zero-order chi connectivity index (χ0) is 17.2. The number of nitrogens with zero attached hydrogens (tertiary/aromatic N) is 3. The standard InChI is InChI=1S/C18H23N3O3/c1-18(2,3)24-17(22)21-9-8-13(11-21)12-23-16-10-19-14-6-4-5-7-15(14)20-16/h4-7,10,13H,8-9,11-12H2,1-3H3/t13-/m0/s1. The minimum Gasteiger partial charge on any atom is -0.476 e. The van der Waals surface area contributed by atoms with Crippen LogP contribution in [0.2, 0.25) is 0 Å². The Kier molecular flexibility index (Phi) is 4.55. The van der Waals surface area contributed by atoms with E-state index in [1.807, 2.05) is 45.0 Å². The van der Waals surface area contributed by atoms with Crippen LogP contribution in [0, 0.1) is 5.92 Å². The molecule has 0 spiro atoms. The third kappa shape index (κ3) is 4.13. The molecule has 128 valence electrons. The van der Waals surface area contributed by atoms with Crippen LogP contribution in [0.5, 0.6) is 5.88 Å². The fourth-order valence-corrected chi connectivity index (χ4v) is 2.67. The maximum Gasteiger partial charge on any atom is 0.410 e. The molecular formula is C18H23N3O3. The van der Waals surface area contributed by atoms with Gasteiger partial charge in [0.15, 0.2) is 0 Å². The van der Waals surface area contributed by atoms with Crippen LogP contribution >= 0.6 is 0 Å². The molecule has 0 saturated carbocycles. The second-order valence-corrected chi connectivity index (χ2v) is 7.09. The number of likely N-dealkylation sites (tertiary alicyclic amines) is 1. The summed E-state index contributed by atoms with van der Waals surface area (Å²) < 4.78 is 11.2. The summed E-state index contributed by atoms with van der Waals surface area (Å²) in [6, 6.07) is 7.69. The van der Waals surface area contributed by atoms with Gasteiger partial charge in [-0.2, -0.15) is 0 Å². The smallest absolute Gasteiger partial charge is 0.410 e. The molecule has 6 nitrogen and oxygen atoms in total. The quantitative estimate of drug-likeness (QED) is 0.865. The van der Waals surface area contributed by atoms with Gasteiger partial charge in [0.25, 0.3) is 0 Å². The Morgan fingerprint density at radius 3 is 2.79 bits per heavy atom. The zero-order valence-electron chi connectivity index (χ0n) is 14.4. The molecule has 1 aromatic heterocycles. The number of para-hydroxylation sites is 2. The van der Waals surface area contributed by atoms with Crippen LogP contribution in [0.25, 0.3) is 11.0 Å². The molecule has 3 rings (SSSR count). The zero-order valence-corrected chi connectivity index (χ0v) is 14.4. The minimum absolute atomic E-state index is 0.254. The lowest BCUT2D eigenvalue weighted by atomic mass is 10.1. The van der Waals surface area contributed by atoms with Gasteiger partial charge < -0.3 is 14.4 Å². The molecule has 0 aliphatic carbocycles. The molecular weight excluding hydrogens is 306 g/mol. The van der Waals surface area contributed by atoms with Crippen LogP contribution in [0.4, 0.5) is 4.79 Å². The highest BCUT2D eigenvalue weighted by molar-refractivity contribution is 5.73. The summed E-state index contributed by atoms with van der Waals surface area (Å²) in [4.78, 5) is 22.6. The number of carbonyl (C=O) groups is 1. The van der Waals surface area contributed by atoms with Gasteiger partial charge in [-0.05, 0) is 39.3 Å². The van der Waals surface area contributed by atoms with Crippen molar-refractivity contribution in [1.29, 1.82) is 0 Å². The number of hydrogen-bond donors (Lipinski definition) is 0. The van der Waals surface area contributed by atoms with Gasteiger partial charge >= 0.3 is 6.09 Å². The van der Waals surface area contributed by atoms with Crippen molar-refractivity contribution in [3.63, 3.8) is 0 Å². The highest BCUT2D eigenvalue weighted by Crippen LogP contribution is 2.21. The molecule has 2 heterocycles. The second kappa shape index (κ2) is 6.63. The van der Waals surface area contributed by atoms with Crippen LogP contribution < -0.4 is 4.74 Å². The maximum absolute atomic E-state index is 12.1. The molecule has 0 radical (unpaired) electrons. The van der Waals surface area contributed by atoms with Crippen molar-refractivity contribution >= 4 is 17.1 Å². The number of ether oxygens (including phenoxy) is 2. The lowest BCUT2D eigenvalue weighted by molar-refractivity contribution is 0.0284. The first-order chi connectivity index (χ1) is 11.4. The molecule has 1 amide bonds. The van der Waals surface area contributed by atoms with Crippen LogP contribution in [-0.2, 0) is 4.74 Å². The van der Waals surface area contributed by atoms with E-state index in [-0.39, 0.29) is 12.0 Å². The summed E-state index contributed by atoms with van der Waals surface area (Å²) in [5.41, 5.74) is 1.20. The van der Waals surface area contributed by atoms with Crippen molar-refractivity contribution in [3.8, 4) is 5.88 Å². The van der Waals surface area contributed by atoms with E-state index in [0.29, 0.717) is 25.6 Å². The lowest BCUT2D eigenvalue weighted by Gasteiger charge is -2.24. The summed E-state index contributed by atoms with van der Waals surface area (Å²) in [5, 5.41) is 0. The van der Waals surface area contributed by atoms with Gasteiger partial charge in [0.1, 0.15) is 5.60 Å². The first-order valence-corrected chi connectivity index (χ1v) is 8.23. The molecule has 1 saturated heterocycles. The van der Waals surface area contributed by atoms with Crippen molar-refractivity contribution in [2.75, 3.05) is 19.7 Å². The summed E-state index contributed by atoms with van der Waals surface area (Å²) in [7, 11) is 0. The largest absolute Gasteiger partial charge is 0.476 e. The Labute approximate surface area is 141 Å². The van der Waals surface area contributed by atoms with Crippen molar-refractivity contribution < 1.29 is 14.3 Å². The Hall–Kier alpha value is -2.37. The Bertz CT molecular complexity index is 727. The molecule has 1 aromatic carbocycles. The van der Waals surface area contributed by atoms with E-state index < -0.39 is 5.60 Å². The molecule has 1 fully saturated rings. The number of amides is 1. The SMILES string of the molecule is CC(C)(C)OC(=O)N1CC[C@H](COc2cnc3ccccc3n2)C1. The van der Waals surface area contributed by atoms with E-state index in [0.717, 1.165) is 17.5 Å². The van der Waals surface area contributed by atoms with Gasteiger partial charge in [-0.3, -0.25) is 0 Å². The average molecular weight is 329 g/mol. The van der Waals surface area contributed by atoms with Crippen molar-refractivity contribution in [3.05, 3.63) is 30.5 Å². The van der Waals surface area contributed by atoms with Crippen molar-refractivity contribution in [1.82, 2.24) is 14.9 Å². The number of aromatic nitrogens is 2. The summed E-state index contributed by atoms with van der Waals surface area (Å²) in [5.74, 6) is 0.801. The van der Waals surface area contributed by atoms with Gasteiger partial charge in [-0.15, -0.1) is 0 Å². The summed E-state index contributed by atoms with van der Waals surface area (Å²) >= 11 is 0. The van der Waals surface area contributed by atoms with Crippen LogP contribution in [0.3, 0.4) is 0 Å². The Morgan fingerprint density at radius 2 is 2.04 bits per heavy atom. The number of fused-ring (bicyclic) bond motifs is 1. The molecule has 2 aromatic rings. The molecule has 1 aliphatic heterocycles. The van der Waals surface area contributed by atoms with Crippen molar-refractivity contribution in [2.45, 2.75) is 32.8 Å². The van der Waals surface area contributed by atoms with Gasteiger partial charge in [-0.1, -0.05) is 12.1 Å². The van der Waals surface area contributed by atoms with Gasteiger partial charge in [0, 0.05) is 19.0 Å². The van der Waals surface area contributed by atoms with Crippen LogP contribution in [0.15, 0.2) is 30.5 Å². The molecule has 6 heteroatoms. The van der Waals surface area contributed by atoms with Gasteiger partial charge in [0.2, 0.25) is 5.88 Å². The van der Waals surface area contributed by atoms with Gasteiger partial charge in [0.05, 0.1) is 23.8 Å². The molecule has 0 N–H and O–H groups in total. The fourth-order valence-electron chi connectivity index (χ4n) is 2.67. The van der Waals surface area contributed by atoms with Crippen molar-refractivity contribution in [2.24, 2.45) is 5.92 Å². The normalized spacial score (nSPS) is 18.0. The topological polar surface area (TPSA) is 64.5 Å².